The molecule has 1 aliphatic rings. The molecule has 12 heteroatoms. The summed E-state index contributed by atoms with van der Waals surface area (Å²) in [5.41, 5.74) is -3.25. The number of nitrogens with one attached hydrogen (secondary N) is 2. The topological polar surface area (TPSA) is 135 Å². The second kappa shape index (κ2) is 8.55. The highest BCUT2D eigenvalue weighted by atomic mass is 19.4. The molecule has 0 unspecified atom stereocenters. The second-order valence-corrected chi connectivity index (χ2v) is 8.06. The van der Waals surface area contributed by atoms with Crippen molar-refractivity contribution in [3.8, 4) is 11.3 Å². The molecule has 0 spiro atoms. The fraction of sp³-hybridized carbons (Fsp3) is 0.217. The Morgan fingerprint density at radius 3 is 2.46 bits per heavy atom. The van der Waals surface area contributed by atoms with Crippen LogP contribution in [0.25, 0.3) is 11.3 Å². The van der Waals surface area contributed by atoms with Crippen LogP contribution in [0, 0.1) is 23.0 Å². The number of Topliss-reactive ketones (excluding diaryl/α,β-unsaturated/α-hetero) is 1. The van der Waals surface area contributed by atoms with Gasteiger partial charge in [0.25, 0.3) is 5.69 Å². The Morgan fingerprint density at radius 1 is 1.14 bits per heavy atom. The number of aliphatic hydroxyl groups is 1. The summed E-state index contributed by atoms with van der Waals surface area (Å²) in [6.07, 6.45) is -5.41. The van der Waals surface area contributed by atoms with E-state index in [4.69, 9.17) is 4.42 Å². The molecule has 2 aromatic carbocycles. The van der Waals surface area contributed by atoms with Gasteiger partial charge in [0.15, 0.2) is 5.78 Å². The smallest absolute Gasteiger partial charge is 0.437 e. The summed E-state index contributed by atoms with van der Waals surface area (Å²) in [7, 11) is 0. The lowest BCUT2D eigenvalue weighted by molar-refractivity contribution is -0.384. The van der Waals surface area contributed by atoms with Crippen LogP contribution in [0.5, 0.6) is 0 Å². The molecule has 35 heavy (non-hydrogen) atoms. The van der Waals surface area contributed by atoms with E-state index in [0.717, 1.165) is 5.56 Å². The zero-order chi connectivity index (χ0) is 25.5. The minimum absolute atomic E-state index is 0.0496. The lowest BCUT2D eigenvalue weighted by Crippen LogP contribution is -2.72. The fourth-order valence-corrected chi connectivity index (χ4v) is 3.92. The van der Waals surface area contributed by atoms with Crippen LogP contribution in [0.3, 0.4) is 0 Å². The van der Waals surface area contributed by atoms with Crippen molar-refractivity contribution in [2.75, 3.05) is 0 Å². The number of nitro benzene ring substituents is 1. The third-order valence-corrected chi connectivity index (χ3v) is 5.70. The number of aryl methyl sites for hydroxylation is 1. The molecule has 0 radical (unpaired) electrons. The number of nitrogens with zero attached hydrogens (tertiary/aromatic N) is 1. The minimum atomic E-state index is -5.41. The van der Waals surface area contributed by atoms with Gasteiger partial charge in [0.2, 0.25) is 5.72 Å². The maximum atomic E-state index is 14.0. The molecule has 0 bridgehead atoms. The molecule has 2 amide bonds. The van der Waals surface area contributed by atoms with Gasteiger partial charge in [-0.2, -0.15) is 13.2 Å². The molecule has 9 nitrogen and oxygen atoms in total. The predicted octanol–water partition coefficient (Wildman–Crippen LogP) is 4.27. The molecule has 1 aliphatic heterocycles. The maximum Gasteiger partial charge on any atom is 0.437 e. The predicted molar refractivity (Wildman–Crippen MR) is 115 cm³/mol. The third kappa shape index (κ3) is 4.35. The Kier molecular flexibility index (Phi) is 5.85. The number of alkyl halides is 3. The summed E-state index contributed by atoms with van der Waals surface area (Å²) in [6, 6.07) is 10.5. The van der Waals surface area contributed by atoms with E-state index in [2.05, 4.69) is 5.32 Å². The van der Waals surface area contributed by atoms with Crippen LogP contribution in [0.4, 0.5) is 23.7 Å². The summed E-state index contributed by atoms with van der Waals surface area (Å²) < 4.78 is 47.7. The quantitative estimate of drug-likeness (QED) is 0.278. The number of hydrogen-bond acceptors (Lipinski definition) is 6. The van der Waals surface area contributed by atoms with Crippen molar-refractivity contribution in [1.82, 2.24) is 10.6 Å². The highest BCUT2D eigenvalue weighted by Gasteiger charge is 2.66. The van der Waals surface area contributed by atoms with Crippen molar-refractivity contribution in [3.05, 3.63) is 87.7 Å². The van der Waals surface area contributed by atoms with Crippen LogP contribution in [-0.2, 0) is 0 Å². The van der Waals surface area contributed by atoms with Crippen LogP contribution in [0.1, 0.15) is 27.7 Å². The van der Waals surface area contributed by atoms with Crippen LogP contribution in [-0.4, -0.2) is 33.7 Å². The molecular weight excluding hydrogens is 471 g/mol. The van der Waals surface area contributed by atoms with Gasteiger partial charge in [-0.15, -0.1) is 0 Å². The zero-order valence-electron chi connectivity index (χ0n) is 18.0. The van der Waals surface area contributed by atoms with Crippen LogP contribution in [0.15, 0.2) is 65.1 Å². The number of benzene rings is 2. The van der Waals surface area contributed by atoms with Gasteiger partial charge in [-0.1, -0.05) is 42.0 Å². The number of halogens is 3. The highest BCUT2D eigenvalue weighted by Crippen LogP contribution is 2.44. The first-order valence-corrected chi connectivity index (χ1v) is 10.2. The molecule has 4 rings (SSSR count). The van der Waals surface area contributed by atoms with E-state index < -0.39 is 40.6 Å². The Labute approximate surface area is 195 Å². The first kappa shape index (κ1) is 24.0. The molecule has 1 fully saturated rings. The normalized spacial score (nSPS) is 22.3. The average molecular weight is 489 g/mol. The number of nitro groups is 1. The zero-order valence-corrected chi connectivity index (χ0v) is 18.0. The molecule has 1 aromatic heterocycles. The molecule has 0 saturated carbocycles. The second-order valence-electron chi connectivity index (χ2n) is 8.06. The molecule has 1 saturated heterocycles. The Morgan fingerprint density at radius 2 is 1.83 bits per heavy atom. The van der Waals surface area contributed by atoms with Crippen molar-refractivity contribution >= 4 is 17.5 Å². The Hall–Kier alpha value is -4.19. The maximum absolute atomic E-state index is 14.0. The van der Waals surface area contributed by atoms with Gasteiger partial charge >= 0.3 is 12.2 Å². The van der Waals surface area contributed by atoms with Crippen LogP contribution in [0.2, 0.25) is 0 Å². The summed E-state index contributed by atoms with van der Waals surface area (Å²) >= 11 is 0. The molecule has 0 aliphatic carbocycles. The van der Waals surface area contributed by atoms with Gasteiger partial charge in [-0.25, -0.2) is 4.79 Å². The number of furan rings is 1. The number of urea groups is 1. The molecule has 3 atom stereocenters. The van der Waals surface area contributed by atoms with Crippen molar-refractivity contribution in [1.29, 1.82) is 0 Å². The minimum Gasteiger partial charge on any atom is -0.459 e. The number of carbonyl (C=O) groups excluding carboxylic acids is 2. The van der Waals surface area contributed by atoms with Gasteiger partial charge in [0, 0.05) is 23.3 Å². The number of ketones is 1. The average Bonchev–Trinajstić information content (AvgIpc) is 3.28. The largest absolute Gasteiger partial charge is 0.459 e. The molecule has 2 heterocycles. The lowest BCUT2D eigenvalue weighted by atomic mass is 9.79. The standard InChI is InChI=1S/C23H18F3N3O6/c1-12-5-7-13(8-6-12)20(30)18-19(27-21(31)28-22(18,32)23(24,25)26)17-10-9-16(35-17)14-3-2-4-15(11-14)29(33)34/h2-11,18-19,32H,1H3,(H2,27,28,31)/t18-,19+,22-/m1/s1. The van der Waals surface area contributed by atoms with Crippen LogP contribution < -0.4 is 10.6 Å². The van der Waals surface area contributed by atoms with Gasteiger partial charge in [0.05, 0.1) is 4.92 Å². The number of rotatable bonds is 5. The third-order valence-electron chi connectivity index (χ3n) is 5.70. The number of carbonyl (C=O) groups is 2. The van der Waals surface area contributed by atoms with E-state index in [9.17, 15) is 38.0 Å². The lowest BCUT2D eigenvalue weighted by Gasteiger charge is -2.44. The van der Waals surface area contributed by atoms with E-state index in [1.54, 1.807) is 6.92 Å². The number of hydrogen-bond donors (Lipinski definition) is 3. The van der Waals surface area contributed by atoms with Crippen molar-refractivity contribution in [2.24, 2.45) is 5.92 Å². The summed E-state index contributed by atoms with van der Waals surface area (Å²) in [5.74, 6) is -3.55. The van der Waals surface area contributed by atoms with Gasteiger partial charge < -0.3 is 20.2 Å². The summed E-state index contributed by atoms with van der Waals surface area (Å²) in [5, 5.41) is 25.4. The summed E-state index contributed by atoms with van der Waals surface area (Å²) in [6.45, 7) is 1.73. The van der Waals surface area contributed by atoms with E-state index in [0.29, 0.717) is 0 Å². The molecular formula is C23H18F3N3O6. The monoisotopic (exact) mass is 489 g/mol. The van der Waals surface area contributed by atoms with Gasteiger partial charge in [0.1, 0.15) is 23.5 Å². The van der Waals surface area contributed by atoms with E-state index in [1.807, 2.05) is 0 Å². The van der Waals surface area contributed by atoms with Crippen molar-refractivity contribution < 1.29 is 37.2 Å². The molecule has 182 valence electrons. The van der Waals surface area contributed by atoms with Gasteiger partial charge in [-0.05, 0) is 19.1 Å². The van der Waals surface area contributed by atoms with E-state index in [1.165, 1.54) is 66.0 Å². The SMILES string of the molecule is Cc1ccc(C(=O)[C@H]2[C@H](c3ccc(-c4cccc([N+](=O)[O-])c4)o3)NC(=O)N[C@]2(O)C(F)(F)F)cc1. The first-order chi connectivity index (χ1) is 16.4. The van der Waals surface area contributed by atoms with Crippen LogP contribution >= 0.6 is 0 Å². The number of non-ortho nitro benzene ring substituents is 1. The first-order valence-electron chi connectivity index (χ1n) is 10.2. The fourth-order valence-electron chi connectivity index (χ4n) is 3.92. The van der Waals surface area contributed by atoms with E-state index >= 15 is 0 Å². The van der Waals surface area contributed by atoms with E-state index in [-0.39, 0.29) is 28.3 Å². The Bertz CT molecular complexity index is 1300. The molecule has 3 N–H and O–H groups in total. The van der Waals surface area contributed by atoms with Gasteiger partial charge in [-0.3, -0.25) is 14.9 Å². The Balaban J connectivity index is 1.80. The van der Waals surface area contributed by atoms with Crippen molar-refractivity contribution in [3.63, 3.8) is 0 Å². The number of amides is 2. The summed E-state index contributed by atoms with van der Waals surface area (Å²) in [4.78, 5) is 35.9. The highest BCUT2D eigenvalue weighted by molar-refractivity contribution is 6.00. The van der Waals surface area contributed by atoms with Crippen molar-refractivity contribution in [2.45, 2.75) is 24.9 Å². The molecule has 3 aromatic rings.